The van der Waals surface area contributed by atoms with Gasteiger partial charge in [0, 0.05) is 31.6 Å². The molecule has 8 nitrogen and oxygen atoms in total. The maximum atomic E-state index is 12.7. The molecule has 1 amide bonds. The summed E-state index contributed by atoms with van der Waals surface area (Å²) < 4.78 is 28.9. The van der Waals surface area contributed by atoms with Crippen LogP contribution in [0.1, 0.15) is 12.2 Å². The largest absolute Gasteiger partial charge is 0.379 e. The van der Waals surface area contributed by atoms with Gasteiger partial charge in [0.05, 0.1) is 42.5 Å². The fourth-order valence-corrected chi connectivity index (χ4v) is 6.49. The van der Waals surface area contributed by atoms with Gasteiger partial charge in [-0.05, 0) is 12.5 Å². The summed E-state index contributed by atoms with van der Waals surface area (Å²) in [6, 6.07) is 7.58. The van der Waals surface area contributed by atoms with Crippen molar-refractivity contribution in [2.24, 2.45) is 0 Å². The molecule has 0 saturated carbocycles. The Morgan fingerprint density at radius 1 is 1.27 bits per heavy atom. The molecule has 10 heteroatoms. The fraction of sp³-hybridized carbons (Fsp3) is 0.550. The van der Waals surface area contributed by atoms with Crippen LogP contribution in [0.25, 0.3) is 10.9 Å². The van der Waals surface area contributed by atoms with Gasteiger partial charge in [0.1, 0.15) is 10.9 Å². The van der Waals surface area contributed by atoms with E-state index in [1.807, 2.05) is 24.3 Å². The molecule has 3 heterocycles. The number of ether oxygens (including phenoxy) is 1. The van der Waals surface area contributed by atoms with E-state index >= 15 is 0 Å². The Balaban J connectivity index is 1.47. The highest BCUT2D eigenvalue weighted by molar-refractivity contribution is 8.00. The van der Waals surface area contributed by atoms with Gasteiger partial charge in [-0.2, -0.15) is 0 Å². The number of carbonyl (C=O) groups is 1. The first-order valence-electron chi connectivity index (χ1n) is 10.1. The number of fused-ring (bicyclic) bond motifs is 1. The number of rotatable bonds is 6. The van der Waals surface area contributed by atoms with E-state index in [1.54, 1.807) is 11.9 Å². The summed E-state index contributed by atoms with van der Waals surface area (Å²) >= 11 is 1.39. The minimum absolute atomic E-state index is 0.0556. The van der Waals surface area contributed by atoms with Crippen molar-refractivity contribution in [3.63, 3.8) is 0 Å². The topological polar surface area (TPSA) is 92.7 Å². The average Bonchev–Trinajstić information content (AvgIpc) is 3.11. The highest BCUT2D eigenvalue weighted by Crippen LogP contribution is 2.26. The lowest BCUT2D eigenvalue weighted by atomic mass is 10.2. The van der Waals surface area contributed by atoms with E-state index in [0.29, 0.717) is 26.2 Å². The number of para-hydroxylation sites is 1. The van der Waals surface area contributed by atoms with E-state index in [1.165, 1.54) is 11.8 Å². The quantitative estimate of drug-likeness (QED) is 0.479. The van der Waals surface area contributed by atoms with Crippen LogP contribution >= 0.6 is 11.8 Å². The van der Waals surface area contributed by atoms with Crippen LogP contribution in [0, 0.1) is 0 Å². The lowest BCUT2D eigenvalue weighted by Crippen LogP contribution is -2.38. The van der Waals surface area contributed by atoms with Gasteiger partial charge in [0.2, 0.25) is 5.91 Å². The van der Waals surface area contributed by atoms with E-state index in [9.17, 15) is 13.2 Å². The number of thioether (sulfide) groups is 1. The molecule has 162 valence electrons. The predicted octanol–water partition coefficient (Wildman–Crippen LogP) is 1.20. The number of carbonyl (C=O) groups excluding carboxylic acids is 1. The first-order chi connectivity index (χ1) is 14.4. The highest BCUT2D eigenvalue weighted by atomic mass is 32.2. The molecule has 2 aliphatic rings. The summed E-state index contributed by atoms with van der Waals surface area (Å²) in [5, 5.41) is 1.71. The summed E-state index contributed by atoms with van der Waals surface area (Å²) in [4.78, 5) is 26.0. The molecule has 0 N–H and O–H groups in total. The maximum Gasteiger partial charge on any atom is 0.233 e. The normalized spacial score (nSPS) is 21.7. The van der Waals surface area contributed by atoms with Crippen molar-refractivity contribution >= 4 is 38.4 Å². The third-order valence-electron chi connectivity index (χ3n) is 5.57. The molecule has 0 radical (unpaired) electrons. The zero-order valence-electron chi connectivity index (χ0n) is 17.0. The van der Waals surface area contributed by atoms with E-state index in [2.05, 4.69) is 4.90 Å². The Labute approximate surface area is 180 Å². The second kappa shape index (κ2) is 9.17. The van der Waals surface area contributed by atoms with Gasteiger partial charge in [-0.1, -0.05) is 30.0 Å². The van der Waals surface area contributed by atoms with Crippen molar-refractivity contribution in [1.82, 2.24) is 19.8 Å². The number of amides is 1. The Morgan fingerprint density at radius 2 is 2.03 bits per heavy atom. The van der Waals surface area contributed by atoms with Crippen molar-refractivity contribution in [2.45, 2.75) is 24.0 Å². The molecule has 30 heavy (non-hydrogen) atoms. The molecule has 1 aromatic carbocycles. The predicted molar refractivity (Wildman–Crippen MR) is 116 cm³/mol. The Bertz CT molecular complexity index is 1020. The van der Waals surface area contributed by atoms with Crippen LogP contribution < -0.4 is 0 Å². The lowest BCUT2D eigenvalue weighted by molar-refractivity contribution is -0.128. The van der Waals surface area contributed by atoms with Gasteiger partial charge in [0.15, 0.2) is 9.84 Å². The van der Waals surface area contributed by atoms with Crippen LogP contribution in [0.5, 0.6) is 0 Å². The first kappa shape index (κ1) is 21.5. The van der Waals surface area contributed by atoms with Crippen LogP contribution in [0.4, 0.5) is 0 Å². The molecule has 0 bridgehead atoms. The van der Waals surface area contributed by atoms with Crippen molar-refractivity contribution in [3.8, 4) is 0 Å². The van der Waals surface area contributed by atoms with E-state index in [4.69, 9.17) is 14.7 Å². The Morgan fingerprint density at radius 3 is 2.77 bits per heavy atom. The van der Waals surface area contributed by atoms with Gasteiger partial charge < -0.3 is 9.64 Å². The van der Waals surface area contributed by atoms with E-state index in [0.717, 1.165) is 34.8 Å². The smallest absolute Gasteiger partial charge is 0.233 e. The number of morpholine rings is 1. The molecule has 2 fully saturated rings. The molecule has 1 aromatic heterocycles. The SMILES string of the molecule is CN(C(=O)CSc1nc(CN2CCOCC2)nc2ccccc12)C1CCS(=O)(=O)C1. The molecule has 1 atom stereocenters. The highest BCUT2D eigenvalue weighted by Gasteiger charge is 2.32. The average molecular weight is 451 g/mol. The summed E-state index contributed by atoms with van der Waals surface area (Å²) in [7, 11) is -1.33. The number of benzene rings is 1. The van der Waals surface area contributed by atoms with Crippen molar-refractivity contribution in [3.05, 3.63) is 30.1 Å². The molecule has 1 unspecified atom stereocenters. The van der Waals surface area contributed by atoms with Gasteiger partial charge in [0.25, 0.3) is 0 Å². The second-order valence-corrected chi connectivity index (χ2v) is 10.9. The van der Waals surface area contributed by atoms with Crippen LogP contribution in [0.3, 0.4) is 0 Å². The van der Waals surface area contributed by atoms with Crippen LogP contribution in [-0.4, -0.2) is 90.7 Å². The third kappa shape index (κ3) is 5.11. The van der Waals surface area contributed by atoms with Gasteiger partial charge in [-0.3, -0.25) is 9.69 Å². The lowest BCUT2D eigenvalue weighted by Gasteiger charge is -2.26. The van der Waals surface area contributed by atoms with Gasteiger partial charge in [-0.15, -0.1) is 0 Å². The van der Waals surface area contributed by atoms with Crippen LogP contribution in [-0.2, 0) is 25.9 Å². The van der Waals surface area contributed by atoms with Crippen molar-refractivity contribution in [1.29, 1.82) is 0 Å². The number of aromatic nitrogens is 2. The fourth-order valence-electron chi connectivity index (χ4n) is 3.75. The standard InChI is InChI=1S/C20H26N4O4S2/c1-23(15-6-11-30(26,27)14-15)19(25)13-29-20-16-4-2-3-5-17(16)21-18(22-20)12-24-7-9-28-10-8-24/h2-5,15H,6-14H2,1H3. The molecule has 0 spiro atoms. The summed E-state index contributed by atoms with van der Waals surface area (Å²) in [5.41, 5.74) is 0.862. The molecule has 2 saturated heterocycles. The Kier molecular flexibility index (Phi) is 6.57. The minimum atomic E-state index is -3.02. The van der Waals surface area contributed by atoms with Crippen LogP contribution in [0.2, 0.25) is 0 Å². The zero-order valence-corrected chi connectivity index (χ0v) is 18.6. The van der Waals surface area contributed by atoms with Gasteiger partial charge in [-0.25, -0.2) is 18.4 Å². The monoisotopic (exact) mass is 450 g/mol. The van der Waals surface area contributed by atoms with Crippen molar-refractivity contribution in [2.75, 3.05) is 50.6 Å². The van der Waals surface area contributed by atoms with E-state index in [-0.39, 0.29) is 29.2 Å². The maximum absolute atomic E-state index is 12.7. The number of hydrogen-bond donors (Lipinski definition) is 0. The second-order valence-electron chi connectivity index (χ2n) is 7.70. The van der Waals surface area contributed by atoms with Crippen molar-refractivity contribution < 1.29 is 17.9 Å². The molecule has 2 aromatic rings. The first-order valence-corrected chi connectivity index (χ1v) is 12.9. The molecule has 4 rings (SSSR count). The summed E-state index contributed by atoms with van der Waals surface area (Å²) in [6.45, 7) is 3.79. The number of hydrogen-bond acceptors (Lipinski definition) is 8. The number of sulfone groups is 1. The van der Waals surface area contributed by atoms with E-state index < -0.39 is 9.84 Å². The summed E-state index contributed by atoms with van der Waals surface area (Å²) in [5.74, 6) is 1.08. The third-order valence-corrected chi connectivity index (χ3v) is 8.29. The van der Waals surface area contributed by atoms with Crippen LogP contribution in [0.15, 0.2) is 29.3 Å². The minimum Gasteiger partial charge on any atom is -0.379 e. The summed E-state index contributed by atoms with van der Waals surface area (Å²) in [6.07, 6.45) is 0.509. The molecular weight excluding hydrogens is 424 g/mol. The zero-order chi connectivity index (χ0) is 21.1. The molecular formula is C20H26N4O4S2. The molecule has 0 aliphatic carbocycles. The Hall–Kier alpha value is -1.75. The van der Waals surface area contributed by atoms with Gasteiger partial charge >= 0.3 is 0 Å². The molecule has 2 aliphatic heterocycles. The number of nitrogens with zero attached hydrogens (tertiary/aromatic N) is 4.